The van der Waals surface area contributed by atoms with E-state index in [1.54, 1.807) is 18.5 Å². The van der Waals surface area contributed by atoms with Crippen LogP contribution in [0.25, 0.3) is 0 Å². The Labute approximate surface area is 170 Å². The largest absolute Gasteiger partial charge is 0.334 e. The van der Waals surface area contributed by atoms with Crippen LogP contribution in [0.1, 0.15) is 35.3 Å². The van der Waals surface area contributed by atoms with Crippen LogP contribution in [0.4, 0.5) is 11.6 Å². The highest BCUT2D eigenvalue weighted by atomic mass is 35.5. The van der Waals surface area contributed by atoms with Crippen molar-refractivity contribution < 1.29 is 4.79 Å². The third-order valence-electron chi connectivity index (χ3n) is 4.41. The minimum absolute atomic E-state index is 0.217. The molecule has 0 aliphatic rings. The second kappa shape index (κ2) is 8.85. The lowest BCUT2D eigenvalue weighted by atomic mass is 10.2. The summed E-state index contributed by atoms with van der Waals surface area (Å²) < 4.78 is 0. The van der Waals surface area contributed by atoms with Gasteiger partial charge in [-0.25, -0.2) is 9.97 Å². The van der Waals surface area contributed by atoms with Crippen LogP contribution in [0.2, 0.25) is 5.02 Å². The predicted molar refractivity (Wildman–Crippen MR) is 114 cm³/mol. The van der Waals surface area contributed by atoms with Crippen LogP contribution in [0.3, 0.4) is 0 Å². The van der Waals surface area contributed by atoms with Gasteiger partial charge in [0, 0.05) is 35.7 Å². The molecule has 0 aliphatic heterocycles. The Morgan fingerprint density at radius 3 is 2.39 bits per heavy atom. The molecule has 0 saturated heterocycles. The summed E-state index contributed by atoms with van der Waals surface area (Å²) in [6, 6.07) is 15.8. The molecule has 6 heteroatoms. The number of aryl methyl sites for hydroxylation is 1. The zero-order chi connectivity index (χ0) is 20.1. The van der Waals surface area contributed by atoms with Crippen molar-refractivity contribution in [3.05, 3.63) is 82.6 Å². The first-order valence-corrected chi connectivity index (χ1v) is 9.52. The molecule has 2 aromatic carbocycles. The minimum Gasteiger partial charge on any atom is -0.334 e. The topological polar surface area (TPSA) is 58.1 Å². The number of carbonyl (C=O) groups excluding carboxylic acids is 1. The lowest BCUT2D eigenvalue weighted by Crippen LogP contribution is -2.31. The first-order chi connectivity index (χ1) is 13.4. The summed E-state index contributed by atoms with van der Waals surface area (Å²) >= 11 is 6.11. The van der Waals surface area contributed by atoms with Crippen LogP contribution in [0.15, 0.2) is 60.9 Å². The van der Waals surface area contributed by atoms with Crippen LogP contribution in [-0.2, 0) is 6.54 Å². The number of anilines is 2. The van der Waals surface area contributed by atoms with E-state index in [1.165, 1.54) is 5.56 Å². The fourth-order valence-electron chi connectivity index (χ4n) is 2.73. The molecule has 0 spiro atoms. The predicted octanol–water partition coefficient (Wildman–Crippen LogP) is 5.11. The Bertz CT molecular complexity index is 943. The molecular formula is C22H23ClN4O. The number of benzene rings is 2. The number of aromatic nitrogens is 2. The van der Waals surface area contributed by atoms with Gasteiger partial charge in [0.15, 0.2) is 0 Å². The van der Waals surface area contributed by atoms with Gasteiger partial charge >= 0.3 is 0 Å². The van der Waals surface area contributed by atoms with Gasteiger partial charge in [0.25, 0.3) is 5.91 Å². The fourth-order valence-corrected chi connectivity index (χ4v) is 2.91. The normalized spacial score (nSPS) is 10.8. The molecule has 0 saturated carbocycles. The molecule has 0 fully saturated rings. The van der Waals surface area contributed by atoms with Crippen molar-refractivity contribution in [3.63, 3.8) is 0 Å². The van der Waals surface area contributed by atoms with E-state index >= 15 is 0 Å². The number of nitrogens with one attached hydrogen (secondary N) is 1. The van der Waals surface area contributed by atoms with Gasteiger partial charge in [-0.15, -0.1) is 0 Å². The Balaban J connectivity index is 1.73. The Morgan fingerprint density at radius 1 is 1.11 bits per heavy atom. The molecule has 0 radical (unpaired) electrons. The molecule has 1 amide bonds. The lowest BCUT2D eigenvalue weighted by Gasteiger charge is -2.26. The van der Waals surface area contributed by atoms with E-state index in [4.69, 9.17) is 11.6 Å². The molecule has 1 N–H and O–H groups in total. The van der Waals surface area contributed by atoms with E-state index in [0.29, 0.717) is 28.8 Å². The highest BCUT2D eigenvalue weighted by Crippen LogP contribution is 2.21. The van der Waals surface area contributed by atoms with Gasteiger partial charge in [0.1, 0.15) is 0 Å². The molecule has 144 valence electrons. The van der Waals surface area contributed by atoms with Crippen molar-refractivity contribution >= 4 is 29.1 Å². The number of carbonyl (C=O) groups is 1. The second-order valence-electron chi connectivity index (χ2n) is 6.90. The standard InChI is InChI=1S/C22H23ClN4O/c1-15(2)27(14-17-7-5-4-6-8-17)22-24-12-18(13-25-22)21(28)26-19-10-9-16(3)20(23)11-19/h4-13,15H,14H2,1-3H3,(H,26,28). The summed E-state index contributed by atoms with van der Waals surface area (Å²) in [5, 5.41) is 3.43. The van der Waals surface area contributed by atoms with Crippen molar-refractivity contribution in [2.45, 2.75) is 33.4 Å². The third-order valence-corrected chi connectivity index (χ3v) is 4.81. The van der Waals surface area contributed by atoms with E-state index in [9.17, 15) is 4.79 Å². The highest BCUT2D eigenvalue weighted by Gasteiger charge is 2.15. The van der Waals surface area contributed by atoms with Gasteiger partial charge in [-0.05, 0) is 44.0 Å². The summed E-state index contributed by atoms with van der Waals surface area (Å²) in [5.41, 5.74) is 3.17. The van der Waals surface area contributed by atoms with Crippen LogP contribution < -0.4 is 10.2 Å². The van der Waals surface area contributed by atoms with E-state index in [1.807, 2.05) is 37.3 Å². The maximum absolute atomic E-state index is 12.5. The summed E-state index contributed by atoms with van der Waals surface area (Å²) in [7, 11) is 0. The van der Waals surface area contributed by atoms with Crippen LogP contribution in [-0.4, -0.2) is 21.9 Å². The molecule has 0 unspecified atom stereocenters. The Kier molecular flexibility index (Phi) is 6.26. The summed E-state index contributed by atoms with van der Waals surface area (Å²) in [6.45, 7) is 6.80. The summed E-state index contributed by atoms with van der Waals surface area (Å²) in [5.74, 6) is 0.319. The molecule has 0 bridgehead atoms. The van der Waals surface area contributed by atoms with Crippen molar-refractivity contribution in [2.24, 2.45) is 0 Å². The zero-order valence-corrected chi connectivity index (χ0v) is 16.9. The number of nitrogens with zero attached hydrogens (tertiary/aromatic N) is 3. The Hall–Kier alpha value is -2.92. The van der Waals surface area contributed by atoms with Gasteiger partial charge < -0.3 is 10.2 Å². The number of halogens is 1. The lowest BCUT2D eigenvalue weighted by molar-refractivity contribution is 0.102. The van der Waals surface area contributed by atoms with E-state index in [2.05, 4.69) is 46.2 Å². The molecule has 0 aliphatic carbocycles. The molecule has 3 rings (SSSR count). The smallest absolute Gasteiger partial charge is 0.258 e. The van der Waals surface area contributed by atoms with Gasteiger partial charge in [0.05, 0.1) is 5.56 Å². The van der Waals surface area contributed by atoms with E-state index in [-0.39, 0.29) is 11.9 Å². The molecule has 5 nitrogen and oxygen atoms in total. The minimum atomic E-state index is -0.273. The number of amides is 1. The number of hydrogen-bond donors (Lipinski definition) is 1. The first-order valence-electron chi connectivity index (χ1n) is 9.14. The molecule has 28 heavy (non-hydrogen) atoms. The van der Waals surface area contributed by atoms with Crippen LogP contribution in [0, 0.1) is 6.92 Å². The van der Waals surface area contributed by atoms with Gasteiger partial charge in [-0.2, -0.15) is 0 Å². The summed E-state index contributed by atoms with van der Waals surface area (Å²) in [4.78, 5) is 23.4. The van der Waals surface area contributed by atoms with E-state index in [0.717, 1.165) is 5.56 Å². The quantitative estimate of drug-likeness (QED) is 0.631. The maximum atomic E-state index is 12.5. The average molecular weight is 395 g/mol. The second-order valence-corrected chi connectivity index (χ2v) is 7.30. The SMILES string of the molecule is Cc1ccc(NC(=O)c2cnc(N(Cc3ccccc3)C(C)C)nc2)cc1Cl. The monoisotopic (exact) mass is 394 g/mol. The molecule has 1 aromatic heterocycles. The zero-order valence-electron chi connectivity index (χ0n) is 16.2. The molecular weight excluding hydrogens is 372 g/mol. The average Bonchev–Trinajstić information content (AvgIpc) is 2.69. The van der Waals surface area contributed by atoms with Crippen LogP contribution >= 0.6 is 11.6 Å². The maximum Gasteiger partial charge on any atom is 0.258 e. The van der Waals surface area contributed by atoms with Gasteiger partial charge in [-0.1, -0.05) is 48.0 Å². The number of hydrogen-bond acceptors (Lipinski definition) is 4. The fraction of sp³-hybridized carbons (Fsp3) is 0.227. The first kappa shape index (κ1) is 19.8. The van der Waals surface area contributed by atoms with Crippen molar-refractivity contribution in [1.82, 2.24) is 9.97 Å². The number of rotatable bonds is 6. The van der Waals surface area contributed by atoms with Gasteiger partial charge in [0.2, 0.25) is 5.95 Å². The van der Waals surface area contributed by atoms with E-state index < -0.39 is 0 Å². The van der Waals surface area contributed by atoms with Crippen LogP contribution in [0.5, 0.6) is 0 Å². The summed E-state index contributed by atoms with van der Waals surface area (Å²) in [6.07, 6.45) is 3.10. The van der Waals surface area contributed by atoms with Crippen molar-refractivity contribution in [1.29, 1.82) is 0 Å². The van der Waals surface area contributed by atoms with Crippen molar-refractivity contribution in [2.75, 3.05) is 10.2 Å². The third kappa shape index (κ3) is 4.87. The molecule has 3 aromatic rings. The Morgan fingerprint density at radius 2 is 1.79 bits per heavy atom. The van der Waals surface area contributed by atoms with Gasteiger partial charge in [-0.3, -0.25) is 4.79 Å². The molecule has 0 atom stereocenters. The molecule has 1 heterocycles. The van der Waals surface area contributed by atoms with Crippen molar-refractivity contribution in [3.8, 4) is 0 Å². The highest BCUT2D eigenvalue weighted by molar-refractivity contribution is 6.31.